The molecule has 0 aliphatic heterocycles. The number of halogens is 3. The van der Waals surface area contributed by atoms with Crippen LogP contribution in [0, 0.1) is 0 Å². The summed E-state index contributed by atoms with van der Waals surface area (Å²) in [5.41, 5.74) is 1.28. The van der Waals surface area contributed by atoms with Crippen LogP contribution >= 0.6 is 23.1 Å². The fraction of sp³-hybridized carbons (Fsp3) is 0.211. The van der Waals surface area contributed by atoms with E-state index in [4.69, 9.17) is 9.47 Å². The Bertz CT molecular complexity index is 1190. The van der Waals surface area contributed by atoms with Crippen molar-refractivity contribution in [3.63, 3.8) is 0 Å². The summed E-state index contributed by atoms with van der Waals surface area (Å²) in [6.07, 6.45) is -3.42. The van der Waals surface area contributed by atoms with E-state index in [1.54, 1.807) is 14.2 Å². The van der Waals surface area contributed by atoms with E-state index in [1.165, 1.54) is 33.6 Å². The lowest BCUT2D eigenvalue weighted by atomic mass is 10.2. The highest BCUT2D eigenvalue weighted by molar-refractivity contribution is 7.98. The second-order valence-electron chi connectivity index (χ2n) is 6.13. The summed E-state index contributed by atoms with van der Waals surface area (Å²) in [5.74, 6) is 1.68. The normalized spacial score (nSPS) is 11.8. The molecule has 4 rings (SSSR count). The molecule has 1 aromatic carbocycles. The number of thioether (sulfide) groups is 1. The number of hydrogen-bond acceptors (Lipinski definition) is 7. The van der Waals surface area contributed by atoms with Gasteiger partial charge in [-0.2, -0.15) is 13.2 Å². The zero-order chi connectivity index (χ0) is 21.3. The molecule has 4 aromatic rings. The molecule has 0 N–H and O–H groups in total. The molecule has 6 nitrogen and oxygen atoms in total. The van der Waals surface area contributed by atoms with Crippen LogP contribution in [0.2, 0.25) is 0 Å². The Morgan fingerprint density at radius 2 is 1.87 bits per heavy atom. The van der Waals surface area contributed by atoms with E-state index in [0.717, 1.165) is 28.5 Å². The molecule has 0 aliphatic carbocycles. The van der Waals surface area contributed by atoms with E-state index in [9.17, 15) is 13.2 Å². The molecule has 11 heteroatoms. The summed E-state index contributed by atoms with van der Waals surface area (Å²) in [7, 11) is 3.14. The van der Waals surface area contributed by atoms with Gasteiger partial charge in [0.1, 0.15) is 5.01 Å². The monoisotopic (exact) mass is 452 g/mol. The summed E-state index contributed by atoms with van der Waals surface area (Å²) in [6, 6.07) is 7.85. The average Bonchev–Trinajstić information content (AvgIpc) is 3.37. The number of hydrogen-bond donors (Lipinski definition) is 0. The average molecular weight is 452 g/mol. The van der Waals surface area contributed by atoms with Gasteiger partial charge in [-0.3, -0.25) is 4.40 Å². The second-order valence-corrected chi connectivity index (χ2v) is 7.93. The number of fused-ring (bicyclic) bond motifs is 1. The first-order valence-corrected chi connectivity index (χ1v) is 10.5. The summed E-state index contributed by atoms with van der Waals surface area (Å²) in [4.78, 5) is 4.61. The fourth-order valence-electron chi connectivity index (χ4n) is 2.75. The highest BCUT2D eigenvalue weighted by atomic mass is 32.2. The van der Waals surface area contributed by atoms with Crippen LogP contribution in [0.5, 0.6) is 11.5 Å². The van der Waals surface area contributed by atoms with Crippen LogP contribution in [0.3, 0.4) is 0 Å². The number of nitrogens with zero attached hydrogens (tertiary/aromatic N) is 4. The van der Waals surface area contributed by atoms with Crippen LogP contribution in [0.4, 0.5) is 13.2 Å². The fourth-order valence-corrected chi connectivity index (χ4v) is 4.48. The molecule has 0 saturated carbocycles. The number of pyridine rings is 1. The lowest BCUT2D eigenvalue weighted by Gasteiger charge is -2.08. The maximum Gasteiger partial charge on any atom is 0.417 e. The Balaban J connectivity index is 1.53. The third-order valence-corrected chi connectivity index (χ3v) is 6.15. The van der Waals surface area contributed by atoms with Crippen molar-refractivity contribution >= 4 is 28.7 Å². The number of ether oxygens (including phenoxy) is 2. The highest BCUT2D eigenvalue weighted by Gasteiger charge is 2.31. The van der Waals surface area contributed by atoms with Crippen LogP contribution in [-0.4, -0.2) is 33.8 Å². The van der Waals surface area contributed by atoms with Gasteiger partial charge in [-0.05, 0) is 30.3 Å². The lowest BCUT2D eigenvalue weighted by Crippen LogP contribution is -2.06. The zero-order valence-electron chi connectivity index (χ0n) is 15.8. The predicted octanol–water partition coefficient (Wildman–Crippen LogP) is 5.18. The second kappa shape index (κ2) is 8.15. The first-order valence-electron chi connectivity index (χ1n) is 8.60. The van der Waals surface area contributed by atoms with Gasteiger partial charge in [-0.15, -0.1) is 21.5 Å². The van der Waals surface area contributed by atoms with Crippen molar-refractivity contribution in [2.24, 2.45) is 0 Å². The Kier molecular flexibility index (Phi) is 5.56. The largest absolute Gasteiger partial charge is 0.493 e. The molecule has 3 aromatic heterocycles. The molecule has 0 spiro atoms. The number of benzene rings is 1. The Labute approximate surface area is 177 Å². The SMILES string of the molecule is COc1ccc(-c2nc(CSc3nnc4ccc(C(F)(F)F)cn34)cs2)cc1OC. The topological polar surface area (TPSA) is 61.5 Å². The number of methoxy groups -OCH3 is 2. The summed E-state index contributed by atoms with van der Waals surface area (Å²) in [6.45, 7) is 0. The quantitative estimate of drug-likeness (QED) is 0.376. The third-order valence-electron chi connectivity index (χ3n) is 4.23. The Morgan fingerprint density at radius 3 is 2.60 bits per heavy atom. The van der Waals surface area contributed by atoms with Crippen molar-refractivity contribution in [1.29, 1.82) is 0 Å². The molecule has 0 unspecified atom stereocenters. The third kappa shape index (κ3) is 4.08. The van der Waals surface area contributed by atoms with Gasteiger partial charge in [0, 0.05) is 22.9 Å². The van der Waals surface area contributed by atoms with Gasteiger partial charge in [-0.1, -0.05) is 11.8 Å². The maximum atomic E-state index is 13.0. The summed E-state index contributed by atoms with van der Waals surface area (Å²) >= 11 is 2.74. The molecular formula is C19H15F3N4O2S2. The Hall–Kier alpha value is -2.79. The molecule has 3 heterocycles. The van der Waals surface area contributed by atoms with E-state index in [1.807, 2.05) is 23.6 Å². The Morgan fingerprint density at radius 1 is 1.07 bits per heavy atom. The van der Waals surface area contributed by atoms with Gasteiger partial charge in [-0.25, -0.2) is 4.98 Å². The van der Waals surface area contributed by atoms with Crippen molar-refractivity contribution < 1.29 is 22.6 Å². The molecule has 30 heavy (non-hydrogen) atoms. The van der Waals surface area contributed by atoms with E-state index < -0.39 is 11.7 Å². The van der Waals surface area contributed by atoms with E-state index in [2.05, 4.69) is 15.2 Å². The van der Waals surface area contributed by atoms with Gasteiger partial charge >= 0.3 is 6.18 Å². The minimum absolute atomic E-state index is 0.356. The molecule has 0 fully saturated rings. The number of rotatable bonds is 6. The molecule has 156 valence electrons. The molecule has 0 aliphatic rings. The summed E-state index contributed by atoms with van der Waals surface area (Å²) < 4.78 is 50.9. The minimum atomic E-state index is -4.43. The smallest absolute Gasteiger partial charge is 0.417 e. The molecule has 0 atom stereocenters. The standard InChI is InChI=1S/C19H15F3N4O2S2/c1-27-14-5-3-11(7-15(14)28-2)17-23-13(9-29-17)10-30-18-25-24-16-6-4-12(8-26(16)18)19(20,21)22/h3-9H,10H2,1-2H3. The van der Waals surface area contributed by atoms with Gasteiger partial charge in [0.05, 0.1) is 25.5 Å². The van der Waals surface area contributed by atoms with Gasteiger partial charge in [0.2, 0.25) is 0 Å². The van der Waals surface area contributed by atoms with E-state index >= 15 is 0 Å². The van der Waals surface area contributed by atoms with Gasteiger partial charge < -0.3 is 9.47 Å². The number of alkyl halides is 3. The maximum absolute atomic E-state index is 13.0. The highest BCUT2D eigenvalue weighted by Crippen LogP contribution is 2.35. The predicted molar refractivity (Wildman–Crippen MR) is 108 cm³/mol. The lowest BCUT2D eigenvalue weighted by molar-refractivity contribution is -0.137. The molecular weight excluding hydrogens is 437 g/mol. The minimum Gasteiger partial charge on any atom is -0.493 e. The molecule has 0 amide bonds. The number of thiazole rings is 1. The van der Waals surface area contributed by atoms with Crippen LogP contribution in [0.1, 0.15) is 11.3 Å². The first kappa shape index (κ1) is 20.5. The van der Waals surface area contributed by atoms with E-state index in [0.29, 0.717) is 28.1 Å². The van der Waals surface area contributed by atoms with Crippen molar-refractivity contribution in [2.75, 3.05) is 14.2 Å². The number of aromatic nitrogens is 4. The first-order chi connectivity index (χ1) is 14.4. The zero-order valence-corrected chi connectivity index (χ0v) is 17.4. The van der Waals surface area contributed by atoms with Gasteiger partial charge in [0.25, 0.3) is 0 Å². The van der Waals surface area contributed by atoms with Crippen LogP contribution in [-0.2, 0) is 11.9 Å². The molecule has 0 bridgehead atoms. The van der Waals surface area contributed by atoms with Crippen molar-refractivity contribution in [3.8, 4) is 22.1 Å². The van der Waals surface area contributed by atoms with Crippen LogP contribution < -0.4 is 9.47 Å². The van der Waals surface area contributed by atoms with Gasteiger partial charge in [0.15, 0.2) is 22.3 Å². The molecule has 0 radical (unpaired) electrons. The van der Waals surface area contributed by atoms with Crippen molar-refractivity contribution in [3.05, 3.63) is 53.2 Å². The van der Waals surface area contributed by atoms with Crippen molar-refractivity contribution in [2.45, 2.75) is 17.1 Å². The van der Waals surface area contributed by atoms with E-state index in [-0.39, 0.29) is 0 Å². The summed E-state index contributed by atoms with van der Waals surface area (Å²) in [5, 5.41) is 11.0. The molecule has 0 saturated heterocycles. The van der Waals surface area contributed by atoms with Crippen molar-refractivity contribution in [1.82, 2.24) is 19.6 Å². The van der Waals surface area contributed by atoms with Crippen LogP contribution in [0.15, 0.2) is 47.1 Å². The van der Waals surface area contributed by atoms with Crippen LogP contribution in [0.25, 0.3) is 16.2 Å².